The molecule has 0 unspecified atom stereocenters. The number of amides is 1. The number of nitrogens with one attached hydrogen (secondary N) is 1. The first kappa shape index (κ1) is 13.4. The molecule has 1 fully saturated rings. The van der Waals surface area contributed by atoms with Gasteiger partial charge in [0.05, 0.1) is 5.25 Å². The highest BCUT2D eigenvalue weighted by Crippen LogP contribution is 2.22. The van der Waals surface area contributed by atoms with Crippen molar-refractivity contribution in [2.45, 2.75) is 49.1 Å². The van der Waals surface area contributed by atoms with Gasteiger partial charge in [0.2, 0.25) is 11.1 Å². The van der Waals surface area contributed by atoms with Gasteiger partial charge >= 0.3 is 0 Å². The van der Waals surface area contributed by atoms with E-state index in [2.05, 4.69) is 20.4 Å². The number of carbonyl (C=O) groups is 1. The molecule has 2 aromatic heterocycles. The topological polar surface area (TPSA) is 72.2 Å². The van der Waals surface area contributed by atoms with Crippen LogP contribution in [0.1, 0.15) is 32.6 Å². The third-order valence-electron chi connectivity index (χ3n) is 3.45. The summed E-state index contributed by atoms with van der Waals surface area (Å²) in [5.74, 6) is 0.618. The van der Waals surface area contributed by atoms with E-state index in [4.69, 9.17) is 0 Å². The molecule has 1 aliphatic carbocycles. The number of hydrogen-bond acceptors (Lipinski definition) is 5. The average Bonchev–Trinajstić information content (AvgIpc) is 3.06. The zero-order valence-electron chi connectivity index (χ0n) is 11.3. The Kier molecular flexibility index (Phi) is 3.86. The van der Waals surface area contributed by atoms with E-state index in [0.717, 1.165) is 12.8 Å². The van der Waals surface area contributed by atoms with E-state index in [1.807, 2.05) is 6.92 Å². The first-order valence-corrected chi connectivity index (χ1v) is 7.75. The van der Waals surface area contributed by atoms with Crippen LogP contribution >= 0.6 is 11.8 Å². The standard InChI is InChI=1S/C13H17N5OS/c1-9(11(19)15-10-5-2-3-6-10)20-13-16-12-14-7-4-8-18(12)17-13/h4,7-10H,2-3,5-6H2,1H3,(H,15,19)/t9-/m1/s1. The molecule has 20 heavy (non-hydrogen) atoms. The van der Waals surface area contributed by atoms with Crippen LogP contribution in [0.3, 0.4) is 0 Å². The summed E-state index contributed by atoms with van der Waals surface area (Å²) in [5, 5.41) is 7.77. The lowest BCUT2D eigenvalue weighted by Crippen LogP contribution is -2.37. The second-order valence-corrected chi connectivity index (χ2v) is 6.32. The molecule has 0 bridgehead atoms. The van der Waals surface area contributed by atoms with Crippen molar-refractivity contribution in [3.05, 3.63) is 18.5 Å². The summed E-state index contributed by atoms with van der Waals surface area (Å²) in [6, 6.07) is 2.15. The van der Waals surface area contributed by atoms with E-state index in [9.17, 15) is 4.79 Å². The molecule has 106 valence electrons. The van der Waals surface area contributed by atoms with Gasteiger partial charge in [0.1, 0.15) is 0 Å². The summed E-state index contributed by atoms with van der Waals surface area (Å²) >= 11 is 1.37. The van der Waals surface area contributed by atoms with E-state index in [-0.39, 0.29) is 11.2 Å². The Bertz CT molecular complexity index is 575. The second-order valence-electron chi connectivity index (χ2n) is 5.01. The molecule has 0 spiro atoms. The van der Waals surface area contributed by atoms with Crippen molar-refractivity contribution < 1.29 is 4.79 Å². The third-order valence-corrected chi connectivity index (χ3v) is 4.40. The molecule has 1 amide bonds. The Morgan fingerprint density at radius 3 is 3.05 bits per heavy atom. The Morgan fingerprint density at radius 2 is 2.30 bits per heavy atom. The summed E-state index contributed by atoms with van der Waals surface area (Å²) in [7, 11) is 0. The fourth-order valence-corrected chi connectivity index (χ4v) is 3.12. The summed E-state index contributed by atoms with van der Waals surface area (Å²) in [6.45, 7) is 1.88. The molecule has 1 aliphatic rings. The smallest absolute Gasteiger partial charge is 0.253 e. The fourth-order valence-electron chi connectivity index (χ4n) is 2.36. The predicted octanol–water partition coefficient (Wildman–Crippen LogP) is 1.66. The fraction of sp³-hybridized carbons (Fsp3) is 0.538. The Hall–Kier alpha value is -1.63. The Morgan fingerprint density at radius 1 is 1.50 bits per heavy atom. The zero-order valence-corrected chi connectivity index (χ0v) is 12.1. The molecule has 0 aromatic carbocycles. The minimum atomic E-state index is -0.201. The van der Waals surface area contributed by atoms with Crippen LogP contribution in [-0.4, -0.2) is 36.8 Å². The number of carbonyl (C=O) groups excluding carboxylic acids is 1. The molecule has 1 saturated carbocycles. The summed E-state index contributed by atoms with van der Waals surface area (Å²) in [5.41, 5.74) is 0. The molecular weight excluding hydrogens is 274 g/mol. The number of hydrogen-bond donors (Lipinski definition) is 1. The summed E-state index contributed by atoms with van der Waals surface area (Å²) < 4.78 is 1.62. The van der Waals surface area contributed by atoms with E-state index in [1.165, 1.54) is 24.6 Å². The highest BCUT2D eigenvalue weighted by Gasteiger charge is 2.22. The lowest BCUT2D eigenvalue weighted by Gasteiger charge is -2.15. The van der Waals surface area contributed by atoms with Crippen LogP contribution in [0.5, 0.6) is 0 Å². The van der Waals surface area contributed by atoms with Gasteiger partial charge in [-0.1, -0.05) is 24.6 Å². The molecule has 0 saturated heterocycles. The molecule has 0 aliphatic heterocycles. The minimum absolute atomic E-state index is 0.0636. The predicted molar refractivity (Wildman–Crippen MR) is 76.5 cm³/mol. The minimum Gasteiger partial charge on any atom is -0.352 e. The highest BCUT2D eigenvalue weighted by atomic mass is 32.2. The van der Waals surface area contributed by atoms with Gasteiger partial charge in [-0.2, -0.15) is 4.98 Å². The summed E-state index contributed by atoms with van der Waals surface area (Å²) in [4.78, 5) is 20.5. The van der Waals surface area contributed by atoms with Crippen molar-refractivity contribution >= 4 is 23.4 Å². The first-order chi connectivity index (χ1) is 9.72. The van der Waals surface area contributed by atoms with Crippen molar-refractivity contribution in [3.63, 3.8) is 0 Å². The molecule has 1 N–H and O–H groups in total. The van der Waals surface area contributed by atoms with Crippen LogP contribution < -0.4 is 5.32 Å². The van der Waals surface area contributed by atoms with Crippen LogP contribution in [-0.2, 0) is 4.79 Å². The van der Waals surface area contributed by atoms with Gasteiger partial charge in [-0.15, -0.1) is 5.10 Å². The maximum atomic E-state index is 12.1. The molecule has 1 atom stereocenters. The SMILES string of the molecule is C[C@@H](Sc1nc2ncccn2n1)C(=O)NC1CCCC1. The lowest BCUT2D eigenvalue weighted by molar-refractivity contribution is -0.120. The van der Waals surface area contributed by atoms with Crippen molar-refractivity contribution in [2.75, 3.05) is 0 Å². The molecule has 0 radical (unpaired) electrons. The van der Waals surface area contributed by atoms with E-state index in [0.29, 0.717) is 17.0 Å². The van der Waals surface area contributed by atoms with Gasteiger partial charge in [0.15, 0.2) is 0 Å². The van der Waals surface area contributed by atoms with Gasteiger partial charge in [-0.3, -0.25) is 4.79 Å². The number of rotatable bonds is 4. The molecule has 6 nitrogen and oxygen atoms in total. The van der Waals surface area contributed by atoms with Gasteiger partial charge in [-0.05, 0) is 25.8 Å². The van der Waals surface area contributed by atoms with Crippen molar-refractivity contribution in [1.29, 1.82) is 0 Å². The Labute approximate surface area is 121 Å². The summed E-state index contributed by atoms with van der Waals surface area (Å²) in [6.07, 6.45) is 8.09. The van der Waals surface area contributed by atoms with Gasteiger partial charge in [0, 0.05) is 18.4 Å². The largest absolute Gasteiger partial charge is 0.352 e. The van der Waals surface area contributed by atoms with E-state index < -0.39 is 0 Å². The maximum absolute atomic E-state index is 12.1. The van der Waals surface area contributed by atoms with Crippen LogP contribution in [0, 0.1) is 0 Å². The van der Waals surface area contributed by atoms with Gasteiger partial charge in [0.25, 0.3) is 5.78 Å². The highest BCUT2D eigenvalue weighted by molar-refractivity contribution is 8.00. The maximum Gasteiger partial charge on any atom is 0.253 e. The van der Waals surface area contributed by atoms with Crippen molar-refractivity contribution in [3.8, 4) is 0 Å². The molecule has 2 heterocycles. The van der Waals surface area contributed by atoms with Gasteiger partial charge < -0.3 is 5.32 Å². The quantitative estimate of drug-likeness (QED) is 0.867. The molecule has 3 rings (SSSR count). The Balaban J connectivity index is 1.62. The number of thioether (sulfide) groups is 1. The average molecular weight is 291 g/mol. The molecule has 7 heteroatoms. The second kappa shape index (κ2) is 5.78. The van der Waals surface area contributed by atoms with Crippen LogP contribution in [0.25, 0.3) is 5.78 Å². The number of nitrogens with zero attached hydrogens (tertiary/aromatic N) is 4. The van der Waals surface area contributed by atoms with Crippen molar-refractivity contribution in [1.82, 2.24) is 24.9 Å². The zero-order chi connectivity index (χ0) is 13.9. The van der Waals surface area contributed by atoms with Crippen molar-refractivity contribution in [2.24, 2.45) is 0 Å². The molecular formula is C13H17N5OS. The first-order valence-electron chi connectivity index (χ1n) is 6.87. The number of fused-ring (bicyclic) bond motifs is 1. The monoisotopic (exact) mass is 291 g/mol. The normalized spacial score (nSPS) is 17.4. The van der Waals surface area contributed by atoms with Crippen LogP contribution in [0.2, 0.25) is 0 Å². The lowest BCUT2D eigenvalue weighted by atomic mass is 10.2. The third kappa shape index (κ3) is 2.92. The molecule has 2 aromatic rings. The number of aromatic nitrogens is 4. The van der Waals surface area contributed by atoms with Crippen LogP contribution in [0.4, 0.5) is 0 Å². The van der Waals surface area contributed by atoms with E-state index in [1.54, 1.807) is 23.0 Å². The van der Waals surface area contributed by atoms with E-state index >= 15 is 0 Å². The van der Waals surface area contributed by atoms with Crippen LogP contribution in [0.15, 0.2) is 23.6 Å². The van der Waals surface area contributed by atoms with Gasteiger partial charge in [-0.25, -0.2) is 9.50 Å².